The van der Waals surface area contributed by atoms with Crippen molar-refractivity contribution in [3.8, 4) is 0 Å². The van der Waals surface area contributed by atoms with E-state index in [9.17, 15) is 22.8 Å². The number of hydrogen-bond donors (Lipinski definition) is 0. The van der Waals surface area contributed by atoms with Crippen LogP contribution in [0.2, 0.25) is 10.0 Å². The summed E-state index contributed by atoms with van der Waals surface area (Å²) in [5, 5.41) is 0.506. The molecule has 5 nitrogen and oxygen atoms in total. The molecule has 1 aromatic carbocycles. The lowest BCUT2D eigenvalue weighted by Crippen LogP contribution is -2.28. The molecule has 2 heterocycles. The molecule has 0 radical (unpaired) electrons. The number of halogens is 5. The van der Waals surface area contributed by atoms with Gasteiger partial charge in [0, 0.05) is 21.7 Å². The lowest BCUT2D eigenvalue weighted by atomic mass is 10.2. The number of benzene rings is 1. The third-order valence-electron chi connectivity index (χ3n) is 3.49. The van der Waals surface area contributed by atoms with Crippen molar-refractivity contribution in [1.82, 2.24) is 9.55 Å². The summed E-state index contributed by atoms with van der Waals surface area (Å²) in [6.07, 6.45) is -4.80. The van der Waals surface area contributed by atoms with Crippen molar-refractivity contribution in [2.75, 3.05) is 4.90 Å². The minimum absolute atomic E-state index is 0.189. The number of fused-ring (bicyclic) bond motifs is 1. The van der Waals surface area contributed by atoms with Crippen molar-refractivity contribution in [3.05, 3.63) is 55.9 Å². The van der Waals surface area contributed by atoms with E-state index in [2.05, 4.69) is 4.98 Å². The Hall–Kier alpha value is -2.06. The zero-order valence-electron chi connectivity index (χ0n) is 11.8. The third-order valence-corrected chi connectivity index (χ3v) is 4.20. The van der Waals surface area contributed by atoms with Crippen LogP contribution in [0.5, 0.6) is 0 Å². The first kappa shape index (κ1) is 16.8. The van der Waals surface area contributed by atoms with E-state index in [0.717, 1.165) is 9.47 Å². The molecule has 10 heteroatoms. The van der Waals surface area contributed by atoms with E-state index < -0.39 is 23.3 Å². The van der Waals surface area contributed by atoms with Crippen LogP contribution in [0, 0.1) is 0 Å². The molecule has 1 aliphatic heterocycles. The molecule has 0 aliphatic carbocycles. The summed E-state index contributed by atoms with van der Waals surface area (Å²) >= 11 is 12.1. The van der Waals surface area contributed by atoms with Crippen molar-refractivity contribution in [2.24, 2.45) is 0 Å². The largest absolute Gasteiger partial charge is 0.433 e. The van der Waals surface area contributed by atoms with Crippen LogP contribution in [-0.4, -0.2) is 15.5 Å². The Labute approximate surface area is 143 Å². The van der Waals surface area contributed by atoms with Gasteiger partial charge in [-0.25, -0.2) is 4.98 Å². The minimum Gasteiger partial charge on any atom is -0.276 e. The maximum Gasteiger partial charge on any atom is 0.433 e. The SMILES string of the molecule is O=C1Cn2c(nc(C(F)(F)F)cc2=O)N1Cc1c(Cl)cccc1Cl. The maximum absolute atomic E-state index is 12.9. The smallest absolute Gasteiger partial charge is 0.276 e. The monoisotopic (exact) mass is 377 g/mol. The van der Waals surface area contributed by atoms with Crippen LogP contribution in [0.1, 0.15) is 11.3 Å². The van der Waals surface area contributed by atoms with Crippen LogP contribution in [-0.2, 0) is 24.1 Å². The van der Waals surface area contributed by atoms with Gasteiger partial charge in [-0.2, -0.15) is 13.2 Å². The van der Waals surface area contributed by atoms with E-state index in [0.29, 0.717) is 11.6 Å². The maximum atomic E-state index is 12.9. The number of carbonyl (C=O) groups excluding carboxylic acids is 1. The number of amides is 1. The van der Waals surface area contributed by atoms with E-state index in [4.69, 9.17) is 23.2 Å². The normalized spacial score (nSPS) is 14.2. The molecular formula is C14H8Cl2F3N3O2. The average molecular weight is 378 g/mol. The molecule has 0 atom stereocenters. The predicted octanol–water partition coefficient (Wildman–Crippen LogP) is 3.12. The zero-order chi connectivity index (χ0) is 17.6. The van der Waals surface area contributed by atoms with Gasteiger partial charge in [-0.3, -0.25) is 19.1 Å². The summed E-state index contributed by atoms with van der Waals surface area (Å²) in [5.74, 6) is -0.953. The predicted molar refractivity (Wildman–Crippen MR) is 81.2 cm³/mol. The fourth-order valence-electron chi connectivity index (χ4n) is 2.33. The highest BCUT2D eigenvalue weighted by atomic mass is 35.5. The van der Waals surface area contributed by atoms with E-state index in [1.54, 1.807) is 6.07 Å². The highest BCUT2D eigenvalue weighted by Crippen LogP contribution is 2.32. The number of aromatic nitrogens is 2. The number of alkyl halides is 3. The fourth-order valence-corrected chi connectivity index (χ4v) is 2.84. The Morgan fingerprint density at radius 3 is 2.38 bits per heavy atom. The quantitative estimate of drug-likeness (QED) is 0.807. The van der Waals surface area contributed by atoms with Gasteiger partial charge in [-0.05, 0) is 12.1 Å². The molecule has 0 spiro atoms. The molecule has 1 aliphatic rings. The first-order valence-corrected chi connectivity index (χ1v) is 7.36. The highest BCUT2D eigenvalue weighted by Gasteiger charge is 2.38. The van der Waals surface area contributed by atoms with Crippen LogP contribution in [0.15, 0.2) is 29.1 Å². The summed E-state index contributed by atoms with van der Waals surface area (Å²) in [7, 11) is 0. The highest BCUT2D eigenvalue weighted by molar-refractivity contribution is 6.36. The summed E-state index contributed by atoms with van der Waals surface area (Å²) in [5.41, 5.74) is -1.95. The molecule has 0 bridgehead atoms. The molecular weight excluding hydrogens is 370 g/mol. The molecule has 0 unspecified atom stereocenters. The Morgan fingerprint density at radius 1 is 1.17 bits per heavy atom. The summed E-state index contributed by atoms with van der Waals surface area (Å²) in [6, 6.07) is 5.03. The van der Waals surface area contributed by atoms with Crippen molar-refractivity contribution < 1.29 is 18.0 Å². The second-order valence-corrected chi connectivity index (χ2v) is 5.86. The lowest BCUT2D eigenvalue weighted by molar-refractivity contribution is -0.141. The standard InChI is InChI=1S/C14H8Cl2F3N3O2/c15-8-2-1-3-9(16)7(8)5-21-12(24)6-22-11(23)4-10(14(17,18)19)20-13(21)22/h1-4H,5-6H2. The Morgan fingerprint density at radius 2 is 1.79 bits per heavy atom. The van der Waals surface area contributed by atoms with Gasteiger partial charge in [0.25, 0.3) is 5.56 Å². The Bertz CT molecular complexity index is 876. The van der Waals surface area contributed by atoms with Crippen LogP contribution in [0.25, 0.3) is 0 Å². The molecule has 0 N–H and O–H groups in total. The molecule has 1 aromatic heterocycles. The van der Waals surface area contributed by atoms with Crippen LogP contribution < -0.4 is 10.5 Å². The number of anilines is 1. The second-order valence-electron chi connectivity index (χ2n) is 5.04. The summed E-state index contributed by atoms with van der Waals surface area (Å²) in [4.78, 5) is 28.4. The molecule has 0 saturated carbocycles. The first-order valence-electron chi connectivity index (χ1n) is 6.61. The minimum atomic E-state index is -4.80. The van der Waals surface area contributed by atoms with Gasteiger partial charge in [0.2, 0.25) is 11.9 Å². The first-order chi connectivity index (χ1) is 11.2. The molecule has 3 rings (SSSR count). The number of carbonyl (C=O) groups is 1. The molecule has 126 valence electrons. The Balaban J connectivity index is 2.09. The van der Waals surface area contributed by atoms with Gasteiger partial charge in [-0.15, -0.1) is 0 Å². The van der Waals surface area contributed by atoms with E-state index >= 15 is 0 Å². The van der Waals surface area contributed by atoms with E-state index in [-0.39, 0.29) is 29.1 Å². The molecule has 0 saturated heterocycles. The zero-order valence-corrected chi connectivity index (χ0v) is 13.3. The number of rotatable bonds is 2. The molecule has 24 heavy (non-hydrogen) atoms. The number of hydrogen-bond acceptors (Lipinski definition) is 3. The van der Waals surface area contributed by atoms with Gasteiger partial charge >= 0.3 is 6.18 Å². The fraction of sp³-hybridized carbons (Fsp3) is 0.214. The molecule has 0 fully saturated rings. The molecule has 2 aromatic rings. The van der Waals surface area contributed by atoms with Crippen molar-refractivity contribution in [3.63, 3.8) is 0 Å². The van der Waals surface area contributed by atoms with Gasteiger partial charge in [0.05, 0.1) is 6.54 Å². The van der Waals surface area contributed by atoms with Gasteiger partial charge < -0.3 is 0 Å². The van der Waals surface area contributed by atoms with Crippen LogP contribution in [0.4, 0.5) is 19.1 Å². The Kier molecular flexibility index (Phi) is 4.05. The van der Waals surface area contributed by atoms with E-state index in [1.165, 1.54) is 12.1 Å². The lowest BCUT2D eigenvalue weighted by Gasteiger charge is -2.18. The van der Waals surface area contributed by atoms with Crippen LogP contribution in [0.3, 0.4) is 0 Å². The van der Waals surface area contributed by atoms with E-state index in [1.807, 2.05) is 0 Å². The molecule has 1 amide bonds. The average Bonchev–Trinajstić information content (AvgIpc) is 2.79. The number of nitrogens with zero attached hydrogens (tertiary/aromatic N) is 3. The van der Waals surface area contributed by atoms with Gasteiger partial charge in [-0.1, -0.05) is 29.3 Å². The van der Waals surface area contributed by atoms with Crippen LogP contribution >= 0.6 is 23.2 Å². The van der Waals surface area contributed by atoms with Gasteiger partial charge in [0.15, 0.2) is 5.69 Å². The second kappa shape index (κ2) is 5.78. The summed E-state index contributed by atoms with van der Waals surface area (Å²) < 4.78 is 39.5. The van der Waals surface area contributed by atoms with Gasteiger partial charge in [0.1, 0.15) is 6.54 Å². The van der Waals surface area contributed by atoms with Crippen molar-refractivity contribution >= 4 is 35.1 Å². The summed E-state index contributed by atoms with van der Waals surface area (Å²) in [6.45, 7) is -0.577. The third kappa shape index (κ3) is 2.87. The van der Waals surface area contributed by atoms with Crippen molar-refractivity contribution in [1.29, 1.82) is 0 Å². The topological polar surface area (TPSA) is 55.2 Å². The van der Waals surface area contributed by atoms with Crippen molar-refractivity contribution in [2.45, 2.75) is 19.3 Å².